The molecule has 0 unspecified atom stereocenters. The normalized spacial score (nSPS) is 18.7. The van der Waals surface area contributed by atoms with E-state index in [9.17, 15) is 4.79 Å². The molecular formula is C15H24N2O2. The van der Waals surface area contributed by atoms with Gasteiger partial charge in [0.25, 0.3) is 5.56 Å². The summed E-state index contributed by atoms with van der Waals surface area (Å²) in [5, 5.41) is 0. The largest absolute Gasteiger partial charge is 0.370 e. The fourth-order valence-electron chi connectivity index (χ4n) is 2.91. The summed E-state index contributed by atoms with van der Waals surface area (Å²) < 4.78 is 5.75. The Morgan fingerprint density at radius 2 is 2.05 bits per heavy atom. The van der Waals surface area contributed by atoms with Gasteiger partial charge in [-0.05, 0) is 25.2 Å². The molecule has 0 aromatic carbocycles. The number of aromatic amines is 1. The molecule has 1 aliphatic rings. The summed E-state index contributed by atoms with van der Waals surface area (Å²) in [6, 6.07) is 1.61. The van der Waals surface area contributed by atoms with Crippen LogP contribution in [0.4, 0.5) is 0 Å². The van der Waals surface area contributed by atoms with Gasteiger partial charge in [-0.1, -0.05) is 33.1 Å². The third kappa shape index (κ3) is 3.24. The van der Waals surface area contributed by atoms with Gasteiger partial charge >= 0.3 is 0 Å². The van der Waals surface area contributed by atoms with E-state index in [0.717, 1.165) is 43.6 Å². The van der Waals surface area contributed by atoms with E-state index >= 15 is 0 Å². The molecule has 0 atom stereocenters. The molecule has 1 aliphatic carbocycles. The van der Waals surface area contributed by atoms with Gasteiger partial charge in [0.1, 0.15) is 11.4 Å². The number of aromatic nitrogens is 2. The van der Waals surface area contributed by atoms with Gasteiger partial charge in [0.2, 0.25) is 0 Å². The fraction of sp³-hybridized carbons (Fsp3) is 0.733. The molecule has 0 radical (unpaired) electrons. The van der Waals surface area contributed by atoms with E-state index in [1.807, 2.05) is 0 Å². The molecule has 1 fully saturated rings. The zero-order valence-corrected chi connectivity index (χ0v) is 12.2. The molecule has 1 heterocycles. The molecule has 0 spiro atoms. The van der Waals surface area contributed by atoms with Crippen LogP contribution in [0.3, 0.4) is 0 Å². The summed E-state index contributed by atoms with van der Waals surface area (Å²) in [7, 11) is 1.72. The Hall–Kier alpha value is -1.16. The van der Waals surface area contributed by atoms with Crippen molar-refractivity contribution < 1.29 is 4.74 Å². The zero-order valence-electron chi connectivity index (χ0n) is 12.2. The van der Waals surface area contributed by atoms with Gasteiger partial charge in [-0.25, -0.2) is 4.98 Å². The lowest BCUT2D eigenvalue weighted by Gasteiger charge is -2.35. The summed E-state index contributed by atoms with van der Waals surface area (Å²) in [5.74, 6) is 1.21. The highest BCUT2D eigenvalue weighted by Gasteiger charge is 2.36. The van der Waals surface area contributed by atoms with Gasteiger partial charge in [-0.2, -0.15) is 0 Å². The van der Waals surface area contributed by atoms with Gasteiger partial charge < -0.3 is 9.72 Å². The smallest absolute Gasteiger partial charge is 0.251 e. The van der Waals surface area contributed by atoms with Crippen molar-refractivity contribution in [2.45, 2.75) is 58.0 Å². The highest BCUT2D eigenvalue weighted by Crippen LogP contribution is 2.37. The fourth-order valence-corrected chi connectivity index (χ4v) is 2.91. The lowest BCUT2D eigenvalue weighted by Crippen LogP contribution is -2.35. The van der Waals surface area contributed by atoms with Crippen LogP contribution in [0, 0.1) is 5.92 Å². The van der Waals surface area contributed by atoms with Crippen molar-refractivity contribution in [2.24, 2.45) is 5.92 Å². The van der Waals surface area contributed by atoms with Gasteiger partial charge in [0.05, 0.1) is 0 Å². The second kappa shape index (κ2) is 5.87. The van der Waals surface area contributed by atoms with E-state index in [-0.39, 0.29) is 11.2 Å². The molecule has 1 N–H and O–H groups in total. The predicted octanol–water partition coefficient (Wildman–Crippen LogP) is 2.77. The number of nitrogens with one attached hydrogen (secondary N) is 1. The molecule has 0 amide bonds. The molecule has 1 saturated carbocycles. The zero-order chi connectivity index (χ0) is 13.9. The second-order valence-electron chi connectivity index (χ2n) is 5.94. The highest BCUT2D eigenvalue weighted by molar-refractivity contribution is 5.10. The number of H-pyrrole nitrogens is 1. The number of methoxy groups -OCH3 is 1. The van der Waals surface area contributed by atoms with Crippen LogP contribution in [0.2, 0.25) is 0 Å². The summed E-state index contributed by atoms with van der Waals surface area (Å²) >= 11 is 0. The number of nitrogens with zero attached hydrogens (tertiary/aromatic N) is 1. The monoisotopic (exact) mass is 264 g/mol. The first-order chi connectivity index (χ1) is 9.05. The lowest BCUT2D eigenvalue weighted by molar-refractivity contribution is -0.0518. The highest BCUT2D eigenvalue weighted by atomic mass is 16.5. The Morgan fingerprint density at radius 1 is 1.37 bits per heavy atom. The predicted molar refractivity (Wildman–Crippen MR) is 75.2 cm³/mol. The van der Waals surface area contributed by atoms with E-state index in [0.29, 0.717) is 5.92 Å². The van der Waals surface area contributed by atoms with E-state index in [1.165, 1.54) is 6.42 Å². The molecular weight excluding hydrogens is 240 g/mol. The summed E-state index contributed by atoms with van der Waals surface area (Å²) in [6.07, 6.45) is 6.21. The average molecular weight is 264 g/mol. The maximum atomic E-state index is 11.8. The Kier molecular flexibility index (Phi) is 4.40. The van der Waals surface area contributed by atoms with E-state index in [2.05, 4.69) is 23.8 Å². The van der Waals surface area contributed by atoms with Crippen LogP contribution >= 0.6 is 0 Å². The van der Waals surface area contributed by atoms with Gasteiger partial charge in [-0.3, -0.25) is 4.79 Å². The second-order valence-corrected chi connectivity index (χ2v) is 5.94. The first-order valence-corrected chi connectivity index (χ1v) is 7.21. The molecule has 4 heteroatoms. The van der Waals surface area contributed by atoms with Crippen LogP contribution in [0.1, 0.15) is 57.5 Å². The Bertz CT molecular complexity index is 473. The Labute approximate surface area is 114 Å². The van der Waals surface area contributed by atoms with Gasteiger partial charge in [-0.15, -0.1) is 0 Å². The van der Waals surface area contributed by atoms with Crippen molar-refractivity contribution >= 4 is 0 Å². The van der Waals surface area contributed by atoms with Crippen LogP contribution in [-0.2, 0) is 16.8 Å². The van der Waals surface area contributed by atoms with Crippen LogP contribution in [0.15, 0.2) is 10.9 Å². The number of rotatable bonds is 4. The number of ether oxygens (including phenoxy) is 1. The quantitative estimate of drug-likeness (QED) is 0.909. The molecule has 4 nitrogen and oxygen atoms in total. The topological polar surface area (TPSA) is 55.0 Å². The molecule has 0 saturated heterocycles. The maximum Gasteiger partial charge on any atom is 0.251 e. The first-order valence-electron chi connectivity index (χ1n) is 7.21. The van der Waals surface area contributed by atoms with E-state index < -0.39 is 0 Å². The number of hydrogen-bond donors (Lipinski definition) is 1. The summed E-state index contributed by atoms with van der Waals surface area (Å²) in [6.45, 7) is 4.27. The van der Waals surface area contributed by atoms with Crippen molar-refractivity contribution in [1.29, 1.82) is 0 Å². The molecule has 0 aliphatic heterocycles. The third-order valence-electron chi connectivity index (χ3n) is 3.90. The standard InChI is InChI=1S/C15H24N2O2/c1-11(2)9-12-10-13(18)17-14(16-12)15(19-3)7-5-4-6-8-15/h10-11H,4-9H2,1-3H3,(H,16,17,18). The number of hydrogen-bond acceptors (Lipinski definition) is 3. The van der Waals surface area contributed by atoms with Crippen molar-refractivity contribution in [3.05, 3.63) is 27.9 Å². The SMILES string of the molecule is COC1(c2nc(CC(C)C)cc(=O)[nH]2)CCCCC1. The van der Waals surface area contributed by atoms with Crippen molar-refractivity contribution in [3.63, 3.8) is 0 Å². The Morgan fingerprint density at radius 3 is 2.63 bits per heavy atom. The summed E-state index contributed by atoms with van der Waals surface area (Å²) in [4.78, 5) is 19.4. The minimum atomic E-state index is -0.385. The lowest BCUT2D eigenvalue weighted by atomic mass is 9.84. The molecule has 106 valence electrons. The van der Waals surface area contributed by atoms with Crippen LogP contribution in [-0.4, -0.2) is 17.1 Å². The van der Waals surface area contributed by atoms with E-state index in [4.69, 9.17) is 4.74 Å². The van der Waals surface area contributed by atoms with Gasteiger partial charge in [0.15, 0.2) is 0 Å². The maximum absolute atomic E-state index is 11.8. The Balaban J connectivity index is 2.36. The molecule has 1 aromatic rings. The minimum absolute atomic E-state index is 0.0670. The third-order valence-corrected chi connectivity index (χ3v) is 3.90. The summed E-state index contributed by atoms with van der Waals surface area (Å²) in [5.41, 5.74) is 0.420. The van der Waals surface area contributed by atoms with Crippen LogP contribution < -0.4 is 5.56 Å². The van der Waals surface area contributed by atoms with Crippen molar-refractivity contribution in [3.8, 4) is 0 Å². The van der Waals surface area contributed by atoms with Crippen molar-refractivity contribution in [1.82, 2.24) is 9.97 Å². The molecule has 2 rings (SSSR count). The molecule has 0 bridgehead atoms. The van der Waals surface area contributed by atoms with Gasteiger partial charge in [0, 0.05) is 18.9 Å². The average Bonchev–Trinajstić information content (AvgIpc) is 2.38. The van der Waals surface area contributed by atoms with Crippen molar-refractivity contribution in [2.75, 3.05) is 7.11 Å². The van der Waals surface area contributed by atoms with Crippen LogP contribution in [0.5, 0.6) is 0 Å². The van der Waals surface area contributed by atoms with Crippen LogP contribution in [0.25, 0.3) is 0 Å². The minimum Gasteiger partial charge on any atom is -0.370 e. The first kappa shape index (κ1) is 14.3. The molecule has 19 heavy (non-hydrogen) atoms. The molecule has 1 aromatic heterocycles. The van der Waals surface area contributed by atoms with E-state index in [1.54, 1.807) is 13.2 Å².